The second kappa shape index (κ2) is 8.45. The van der Waals surface area contributed by atoms with Gasteiger partial charge in [0.15, 0.2) is 5.78 Å². The molecule has 2 aromatic rings. The van der Waals surface area contributed by atoms with Gasteiger partial charge in [0.1, 0.15) is 0 Å². The summed E-state index contributed by atoms with van der Waals surface area (Å²) in [5.74, 6) is -0.292. The minimum Gasteiger partial charge on any atom is -0.379 e. The van der Waals surface area contributed by atoms with Gasteiger partial charge in [0.25, 0.3) is 0 Å². The molecule has 1 heterocycles. The van der Waals surface area contributed by atoms with Gasteiger partial charge in [-0.25, -0.2) is 0 Å². The Kier molecular flexibility index (Phi) is 6.04. The molecule has 0 aliphatic carbocycles. The Labute approximate surface area is 157 Å². The van der Waals surface area contributed by atoms with Crippen LogP contribution in [0.1, 0.15) is 22.8 Å². The molecule has 1 fully saturated rings. The number of para-hydroxylation sites is 1. The highest BCUT2D eigenvalue weighted by Crippen LogP contribution is 2.21. The van der Waals surface area contributed by atoms with Crippen molar-refractivity contribution < 1.29 is 14.3 Å². The predicted octanol–water partition coefficient (Wildman–Crippen LogP) is 3.23. The van der Waals surface area contributed by atoms with Gasteiger partial charge >= 0.3 is 0 Å². The minimum absolute atomic E-state index is 0.136. The third-order valence-electron chi connectivity index (χ3n) is 4.51. The lowest BCUT2D eigenvalue weighted by atomic mass is 10.0. The first-order chi connectivity index (χ1) is 12.6. The zero-order chi connectivity index (χ0) is 18.5. The van der Waals surface area contributed by atoms with E-state index in [1.807, 2.05) is 6.92 Å². The van der Waals surface area contributed by atoms with Crippen LogP contribution in [0.15, 0.2) is 48.5 Å². The highest BCUT2D eigenvalue weighted by atomic mass is 35.5. The summed E-state index contributed by atoms with van der Waals surface area (Å²) in [6, 6.07) is 13.5. The second-order valence-corrected chi connectivity index (χ2v) is 6.63. The largest absolute Gasteiger partial charge is 0.379 e. The van der Waals surface area contributed by atoms with Gasteiger partial charge in [-0.3, -0.25) is 14.5 Å². The fraction of sp³-hybridized carbons (Fsp3) is 0.300. The summed E-state index contributed by atoms with van der Waals surface area (Å²) in [4.78, 5) is 27.5. The van der Waals surface area contributed by atoms with Crippen molar-refractivity contribution >= 4 is 29.0 Å². The fourth-order valence-corrected chi connectivity index (χ4v) is 3.04. The standard InChI is InChI=1S/C20H21ClN2O3/c1-14(23-10-12-26-13-11-23)20(25)22-18-5-3-2-4-17(18)19(24)15-6-8-16(21)9-7-15/h2-9,14H,10-13H2,1H3,(H,22,25)/t14-/m0/s1. The van der Waals surface area contributed by atoms with E-state index in [1.165, 1.54) is 0 Å². The lowest BCUT2D eigenvalue weighted by Gasteiger charge is -2.31. The molecule has 0 radical (unpaired) electrons. The molecule has 26 heavy (non-hydrogen) atoms. The Morgan fingerprint density at radius 1 is 1.08 bits per heavy atom. The first kappa shape index (κ1) is 18.6. The Morgan fingerprint density at radius 3 is 2.42 bits per heavy atom. The van der Waals surface area contributed by atoms with Crippen molar-refractivity contribution in [3.8, 4) is 0 Å². The Bertz CT molecular complexity index is 786. The van der Waals surface area contributed by atoms with Crippen LogP contribution in [0.3, 0.4) is 0 Å². The van der Waals surface area contributed by atoms with Gasteiger partial charge in [-0.2, -0.15) is 0 Å². The number of hydrogen-bond acceptors (Lipinski definition) is 4. The van der Waals surface area contributed by atoms with Crippen molar-refractivity contribution in [2.75, 3.05) is 31.6 Å². The highest BCUT2D eigenvalue weighted by Gasteiger charge is 2.24. The lowest BCUT2D eigenvalue weighted by Crippen LogP contribution is -2.47. The van der Waals surface area contributed by atoms with E-state index in [0.29, 0.717) is 35.1 Å². The second-order valence-electron chi connectivity index (χ2n) is 6.20. The van der Waals surface area contributed by atoms with Crippen molar-refractivity contribution in [3.63, 3.8) is 0 Å². The van der Waals surface area contributed by atoms with E-state index < -0.39 is 0 Å². The molecule has 0 bridgehead atoms. The Morgan fingerprint density at radius 2 is 1.73 bits per heavy atom. The molecule has 0 spiro atoms. The number of carbonyl (C=O) groups excluding carboxylic acids is 2. The molecule has 3 rings (SSSR count). The number of morpholine rings is 1. The molecule has 1 amide bonds. The first-order valence-electron chi connectivity index (χ1n) is 8.58. The van der Waals surface area contributed by atoms with Crippen LogP contribution in [0.25, 0.3) is 0 Å². The minimum atomic E-state index is -0.294. The van der Waals surface area contributed by atoms with Crippen molar-refractivity contribution in [1.82, 2.24) is 4.90 Å². The molecule has 0 unspecified atom stereocenters. The van der Waals surface area contributed by atoms with Gasteiger partial charge in [0.05, 0.1) is 24.9 Å². The Balaban J connectivity index is 1.77. The summed E-state index contributed by atoms with van der Waals surface area (Å²) < 4.78 is 5.33. The molecule has 1 aliphatic rings. The van der Waals surface area contributed by atoms with Crippen LogP contribution >= 0.6 is 11.6 Å². The topological polar surface area (TPSA) is 58.6 Å². The van der Waals surface area contributed by atoms with Crippen LogP contribution in [0.2, 0.25) is 5.02 Å². The molecule has 136 valence electrons. The zero-order valence-electron chi connectivity index (χ0n) is 14.6. The predicted molar refractivity (Wildman–Crippen MR) is 102 cm³/mol. The molecule has 1 saturated heterocycles. The van der Waals surface area contributed by atoms with Crippen molar-refractivity contribution in [1.29, 1.82) is 0 Å². The SMILES string of the molecule is C[C@@H](C(=O)Nc1ccccc1C(=O)c1ccc(Cl)cc1)N1CCOCC1. The van der Waals surface area contributed by atoms with Crippen molar-refractivity contribution in [3.05, 3.63) is 64.7 Å². The summed E-state index contributed by atoms with van der Waals surface area (Å²) in [6.07, 6.45) is 0. The molecule has 1 aliphatic heterocycles. The van der Waals surface area contributed by atoms with Crippen LogP contribution in [0.4, 0.5) is 5.69 Å². The molecule has 0 saturated carbocycles. The number of ether oxygens (including phenoxy) is 1. The third-order valence-corrected chi connectivity index (χ3v) is 4.76. The van der Waals surface area contributed by atoms with Crippen molar-refractivity contribution in [2.24, 2.45) is 0 Å². The number of carbonyl (C=O) groups is 2. The number of rotatable bonds is 5. The Hall–Kier alpha value is -2.21. The third kappa shape index (κ3) is 4.30. The summed E-state index contributed by atoms with van der Waals surface area (Å²) in [7, 11) is 0. The number of ketones is 1. The van der Waals surface area contributed by atoms with E-state index in [9.17, 15) is 9.59 Å². The van der Waals surface area contributed by atoms with Crippen LogP contribution in [-0.2, 0) is 9.53 Å². The highest BCUT2D eigenvalue weighted by molar-refractivity contribution is 6.30. The smallest absolute Gasteiger partial charge is 0.241 e. The molecule has 0 aromatic heterocycles. The number of nitrogens with zero attached hydrogens (tertiary/aromatic N) is 1. The number of amides is 1. The monoisotopic (exact) mass is 372 g/mol. The summed E-state index contributed by atoms with van der Waals surface area (Å²) in [6.45, 7) is 4.57. The molecular weight excluding hydrogens is 352 g/mol. The summed E-state index contributed by atoms with van der Waals surface area (Å²) in [5.41, 5.74) is 1.49. The first-order valence-corrected chi connectivity index (χ1v) is 8.96. The molecule has 1 N–H and O–H groups in total. The molecular formula is C20H21ClN2O3. The number of anilines is 1. The quantitative estimate of drug-likeness (QED) is 0.819. The average Bonchev–Trinajstić information content (AvgIpc) is 2.68. The molecule has 6 heteroatoms. The maximum Gasteiger partial charge on any atom is 0.241 e. The average molecular weight is 373 g/mol. The van der Waals surface area contributed by atoms with E-state index in [1.54, 1.807) is 48.5 Å². The molecule has 1 atom stereocenters. The van der Waals surface area contributed by atoms with E-state index in [4.69, 9.17) is 16.3 Å². The normalized spacial score (nSPS) is 16.1. The summed E-state index contributed by atoms with van der Waals surface area (Å²) >= 11 is 5.89. The van der Waals surface area contributed by atoms with Crippen molar-refractivity contribution in [2.45, 2.75) is 13.0 Å². The number of halogens is 1. The maximum absolute atomic E-state index is 12.8. The van der Waals surface area contributed by atoms with E-state index in [0.717, 1.165) is 13.1 Å². The van der Waals surface area contributed by atoms with Crippen LogP contribution in [0, 0.1) is 0 Å². The van der Waals surface area contributed by atoms with E-state index in [2.05, 4.69) is 10.2 Å². The van der Waals surface area contributed by atoms with Gasteiger partial charge in [-0.1, -0.05) is 23.7 Å². The maximum atomic E-state index is 12.8. The van der Waals surface area contributed by atoms with Crippen LogP contribution in [-0.4, -0.2) is 48.9 Å². The van der Waals surface area contributed by atoms with Gasteiger partial charge in [0.2, 0.25) is 5.91 Å². The van der Waals surface area contributed by atoms with E-state index >= 15 is 0 Å². The molecule has 2 aromatic carbocycles. The van der Waals surface area contributed by atoms with Crippen LogP contribution in [0.5, 0.6) is 0 Å². The van der Waals surface area contributed by atoms with Gasteiger partial charge in [-0.15, -0.1) is 0 Å². The zero-order valence-corrected chi connectivity index (χ0v) is 15.3. The van der Waals surface area contributed by atoms with Gasteiger partial charge < -0.3 is 10.1 Å². The van der Waals surface area contributed by atoms with E-state index in [-0.39, 0.29) is 17.7 Å². The van der Waals surface area contributed by atoms with Gasteiger partial charge in [-0.05, 0) is 43.3 Å². The number of nitrogens with one attached hydrogen (secondary N) is 1. The summed E-state index contributed by atoms with van der Waals surface area (Å²) in [5, 5.41) is 3.47. The van der Waals surface area contributed by atoms with Crippen LogP contribution < -0.4 is 5.32 Å². The van der Waals surface area contributed by atoms with Gasteiger partial charge in [0, 0.05) is 29.2 Å². The number of benzene rings is 2. The lowest BCUT2D eigenvalue weighted by molar-refractivity contribution is -0.122. The fourth-order valence-electron chi connectivity index (χ4n) is 2.91. The number of hydrogen-bond donors (Lipinski definition) is 1. The molecule has 5 nitrogen and oxygen atoms in total.